The van der Waals surface area contributed by atoms with E-state index in [-0.39, 0.29) is 6.61 Å². The van der Waals surface area contributed by atoms with Crippen LogP contribution in [0.4, 0.5) is 11.4 Å². The van der Waals surface area contributed by atoms with Gasteiger partial charge in [-0.3, -0.25) is 4.90 Å². The zero-order chi connectivity index (χ0) is 13.0. The number of β-amino-alcohol motifs (C(OH)–C–C–N with tert-alkyl or cyclic N) is 1. The van der Waals surface area contributed by atoms with Gasteiger partial charge in [0, 0.05) is 38.8 Å². The second-order valence-corrected chi connectivity index (χ2v) is 4.48. The lowest BCUT2D eigenvalue weighted by Gasteiger charge is -2.36. The first-order valence-electron chi connectivity index (χ1n) is 6.26. The maximum Gasteiger partial charge on any atom is 0.121 e. The number of nitrogen functional groups attached to an aromatic ring is 1. The summed E-state index contributed by atoms with van der Waals surface area (Å²) in [5.74, 6) is 0.787. The smallest absolute Gasteiger partial charge is 0.121 e. The van der Waals surface area contributed by atoms with Crippen molar-refractivity contribution in [1.82, 2.24) is 4.90 Å². The van der Waals surface area contributed by atoms with Gasteiger partial charge in [-0.15, -0.1) is 0 Å². The van der Waals surface area contributed by atoms with Crippen molar-refractivity contribution in [2.75, 3.05) is 57.1 Å². The Morgan fingerprint density at radius 2 is 2.00 bits per heavy atom. The summed E-state index contributed by atoms with van der Waals surface area (Å²) in [6.07, 6.45) is 0. The predicted molar refractivity (Wildman–Crippen MR) is 73.1 cm³/mol. The number of aliphatic hydroxyl groups is 1. The molecule has 2 rings (SSSR count). The van der Waals surface area contributed by atoms with Crippen molar-refractivity contribution in [3.8, 4) is 5.75 Å². The average Bonchev–Trinajstić information content (AvgIpc) is 2.40. The third-order valence-corrected chi connectivity index (χ3v) is 3.36. The normalized spacial score (nSPS) is 16.9. The molecule has 0 aromatic heterocycles. The highest BCUT2D eigenvalue weighted by Gasteiger charge is 2.18. The van der Waals surface area contributed by atoms with Gasteiger partial charge in [0.05, 0.1) is 25.1 Å². The Morgan fingerprint density at radius 1 is 1.28 bits per heavy atom. The predicted octanol–water partition coefficient (Wildman–Crippen LogP) is 0.392. The van der Waals surface area contributed by atoms with Crippen molar-refractivity contribution >= 4 is 11.4 Å². The fourth-order valence-corrected chi connectivity index (χ4v) is 2.30. The molecule has 1 heterocycles. The van der Waals surface area contributed by atoms with Gasteiger partial charge in [-0.25, -0.2) is 0 Å². The van der Waals surface area contributed by atoms with E-state index in [0.717, 1.165) is 49.8 Å². The fourth-order valence-electron chi connectivity index (χ4n) is 2.30. The second-order valence-electron chi connectivity index (χ2n) is 4.48. The Labute approximate surface area is 108 Å². The van der Waals surface area contributed by atoms with Gasteiger partial charge in [0.1, 0.15) is 5.75 Å². The van der Waals surface area contributed by atoms with Crippen LogP contribution in [0.1, 0.15) is 0 Å². The summed E-state index contributed by atoms with van der Waals surface area (Å²) in [5.41, 5.74) is 7.87. The molecule has 1 aliphatic heterocycles. The van der Waals surface area contributed by atoms with E-state index in [1.807, 2.05) is 18.2 Å². The number of nitrogens with zero attached hydrogens (tertiary/aromatic N) is 2. The van der Waals surface area contributed by atoms with Crippen LogP contribution in [0.3, 0.4) is 0 Å². The fraction of sp³-hybridized carbons (Fsp3) is 0.538. The second kappa shape index (κ2) is 5.93. The third-order valence-electron chi connectivity index (χ3n) is 3.36. The van der Waals surface area contributed by atoms with E-state index in [4.69, 9.17) is 15.6 Å². The number of methoxy groups -OCH3 is 1. The summed E-state index contributed by atoms with van der Waals surface area (Å²) in [5, 5.41) is 8.91. The highest BCUT2D eigenvalue weighted by molar-refractivity contribution is 5.69. The monoisotopic (exact) mass is 251 g/mol. The molecule has 0 spiro atoms. The van der Waals surface area contributed by atoms with E-state index < -0.39 is 0 Å². The Morgan fingerprint density at radius 3 is 2.56 bits per heavy atom. The van der Waals surface area contributed by atoms with E-state index in [9.17, 15) is 0 Å². The first-order chi connectivity index (χ1) is 8.74. The quantitative estimate of drug-likeness (QED) is 0.758. The van der Waals surface area contributed by atoms with Crippen molar-refractivity contribution < 1.29 is 9.84 Å². The van der Waals surface area contributed by atoms with Gasteiger partial charge in [-0.1, -0.05) is 0 Å². The van der Waals surface area contributed by atoms with Crippen LogP contribution in [0, 0.1) is 0 Å². The van der Waals surface area contributed by atoms with Gasteiger partial charge in [0.2, 0.25) is 0 Å². The maximum atomic E-state index is 8.91. The number of anilines is 2. The van der Waals surface area contributed by atoms with Crippen molar-refractivity contribution in [3.05, 3.63) is 18.2 Å². The zero-order valence-electron chi connectivity index (χ0n) is 10.8. The van der Waals surface area contributed by atoms with Crippen LogP contribution in [-0.4, -0.2) is 56.4 Å². The minimum Gasteiger partial charge on any atom is -0.497 e. The largest absolute Gasteiger partial charge is 0.497 e. The highest BCUT2D eigenvalue weighted by atomic mass is 16.5. The summed E-state index contributed by atoms with van der Waals surface area (Å²) >= 11 is 0. The Kier molecular flexibility index (Phi) is 4.28. The molecule has 1 fully saturated rings. The van der Waals surface area contributed by atoms with Crippen LogP contribution < -0.4 is 15.4 Å². The van der Waals surface area contributed by atoms with Crippen molar-refractivity contribution in [2.45, 2.75) is 0 Å². The molecule has 1 aliphatic rings. The molecular weight excluding hydrogens is 230 g/mol. The van der Waals surface area contributed by atoms with Crippen molar-refractivity contribution in [1.29, 1.82) is 0 Å². The lowest BCUT2D eigenvalue weighted by atomic mass is 10.2. The standard InChI is InChI=1S/C13H21N3O2/c1-18-11-2-3-13(12(14)10-11)16-6-4-15(5-7-16)8-9-17/h2-3,10,17H,4-9,14H2,1H3. The van der Waals surface area contributed by atoms with Crippen LogP contribution in [-0.2, 0) is 0 Å². The summed E-state index contributed by atoms with van der Waals surface area (Å²) in [4.78, 5) is 4.54. The van der Waals surface area contributed by atoms with Crippen LogP contribution in [0.5, 0.6) is 5.75 Å². The lowest BCUT2D eigenvalue weighted by molar-refractivity contribution is 0.189. The van der Waals surface area contributed by atoms with Crippen molar-refractivity contribution in [2.24, 2.45) is 0 Å². The molecule has 0 atom stereocenters. The number of benzene rings is 1. The molecule has 0 bridgehead atoms. The van der Waals surface area contributed by atoms with E-state index in [1.54, 1.807) is 7.11 Å². The summed E-state index contributed by atoms with van der Waals surface area (Å²) in [7, 11) is 1.64. The SMILES string of the molecule is COc1ccc(N2CCN(CCO)CC2)c(N)c1. The number of ether oxygens (including phenoxy) is 1. The number of nitrogens with two attached hydrogens (primary N) is 1. The minimum absolute atomic E-state index is 0.227. The molecule has 0 amide bonds. The topological polar surface area (TPSA) is 62.0 Å². The van der Waals surface area contributed by atoms with Crippen LogP contribution in [0.25, 0.3) is 0 Å². The summed E-state index contributed by atoms with van der Waals surface area (Å²) in [6, 6.07) is 5.80. The van der Waals surface area contributed by atoms with E-state index in [0.29, 0.717) is 0 Å². The number of hydrogen-bond donors (Lipinski definition) is 2. The van der Waals surface area contributed by atoms with Gasteiger partial charge in [0.25, 0.3) is 0 Å². The van der Waals surface area contributed by atoms with Crippen LogP contribution in [0.15, 0.2) is 18.2 Å². The third kappa shape index (κ3) is 2.86. The molecule has 18 heavy (non-hydrogen) atoms. The molecule has 1 aromatic carbocycles. The van der Waals surface area contributed by atoms with Gasteiger partial charge in [0.15, 0.2) is 0 Å². The Hall–Kier alpha value is -1.46. The molecule has 1 aromatic rings. The zero-order valence-corrected chi connectivity index (χ0v) is 10.8. The molecular formula is C13H21N3O2. The van der Waals surface area contributed by atoms with E-state index in [1.165, 1.54) is 0 Å². The number of piperazine rings is 1. The maximum absolute atomic E-state index is 8.91. The number of aliphatic hydroxyl groups excluding tert-OH is 1. The molecule has 100 valence electrons. The van der Waals surface area contributed by atoms with Crippen LogP contribution >= 0.6 is 0 Å². The molecule has 5 nitrogen and oxygen atoms in total. The lowest BCUT2D eigenvalue weighted by Crippen LogP contribution is -2.47. The first kappa shape index (κ1) is 13.0. The molecule has 3 N–H and O–H groups in total. The van der Waals surface area contributed by atoms with Crippen LogP contribution in [0.2, 0.25) is 0 Å². The van der Waals surface area contributed by atoms with E-state index >= 15 is 0 Å². The van der Waals surface area contributed by atoms with E-state index in [2.05, 4.69) is 9.80 Å². The Balaban J connectivity index is 2.01. The molecule has 1 saturated heterocycles. The van der Waals surface area contributed by atoms with Crippen molar-refractivity contribution in [3.63, 3.8) is 0 Å². The van der Waals surface area contributed by atoms with Gasteiger partial charge in [-0.2, -0.15) is 0 Å². The summed E-state index contributed by atoms with van der Waals surface area (Å²) < 4.78 is 5.15. The average molecular weight is 251 g/mol. The van der Waals surface area contributed by atoms with Gasteiger partial charge >= 0.3 is 0 Å². The number of hydrogen-bond acceptors (Lipinski definition) is 5. The first-order valence-corrected chi connectivity index (χ1v) is 6.26. The highest BCUT2D eigenvalue weighted by Crippen LogP contribution is 2.28. The van der Waals surface area contributed by atoms with Gasteiger partial charge in [-0.05, 0) is 12.1 Å². The minimum atomic E-state index is 0.227. The molecule has 0 unspecified atom stereocenters. The molecule has 5 heteroatoms. The summed E-state index contributed by atoms with van der Waals surface area (Å²) in [6.45, 7) is 4.79. The molecule has 0 aliphatic carbocycles. The number of rotatable bonds is 4. The molecule has 0 saturated carbocycles. The molecule has 0 radical (unpaired) electrons. The Bertz CT molecular complexity index is 390. The van der Waals surface area contributed by atoms with Gasteiger partial charge < -0.3 is 20.5 Å².